The van der Waals surface area contributed by atoms with Crippen LogP contribution in [0, 0.1) is 6.92 Å². The summed E-state index contributed by atoms with van der Waals surface area (Å²) in [4.78, 5) is 14.7. The lowest BCUT2D eigenvalue weighted by atomic mass is 10.2. The summed E-state index contributed by atoms with van der Waals surface area (Å²) in [6.07, 6.45) is 0.772. The van der Waals surface area contributed by atoms with E-state index in [2.05, 4.69) is 23.9 Å². The van der Waals surface area contributed by atoms with E-state index in [-0.39, 0.29) is 6.42 Å². The number of aliphatic carboxylic acids is 1. The molecular formula is C10H17N3O2. The van der Waals surface area contributed by atoms with Crippen molar-refractivity contribution in [2.75, 3.05) is 0 Å². The maximum absolute atomic E-state index is 10.4. The molecule has 0 saturated carbocycles. The van der Waals surface area contributed by atoms with Crippen molar-refractivity contribution >= 4 is 5.97 Å². The molecule has 1 rings (SSSR count). The molecular weight excluding hydrogens is 194 g/mol. The Labute approximate surface area is 89.1 Å². The van der Waals surface area contributed by atoms with Gasteiger partial charge in [-0.1, -0.05) is 13.8 Å². The van der Waals surface area contributed by atoms with E-state index in [0.717, 1.165) is 11.6 Å². The number of hydrogen-bond acceptors (Lipinski definition) is 3. The largest absolute Gasteiger partial charge is 0.481 e. The van der Waals surface area contributed by atoms with Crippen molar-refractivity contribution in [2.45, 2.75) is 46.1 Å². The van der Waals surface area contributed by atoms with Crippen LogP contribution in [0.5, 0.6) is 0 Å². The second-order valence-corrected chi connectivity index (χ2v) is 3.89. The maximum atomic E-state index is 10.4. The highest BCUT2D eigenvalue weighted by atomic mass is 16.4. The Bertz CT molecular complexity index is 344. The van der Waals surface area contributed by atoms with Crippen LogP contribution in [0.1, 0.15) is 44.3 Å². The number of carboxylic acid groups (broad SMARTS) is 1. The third-order valence-corrected chi connectivity index (χ3v) is 2.08. The van der Waals surface area contributed by atoms with Gasteiger partial charge in [0.2, 0.25) is 0 Å². The molecule has 0 fully saturated rings. The maximum Gasteiger partial charge on any atom is 0.303 e. The standard InChI is InChI=1S/C10H17N3O2/c1-7(2)10-11-8(3)12-13(10)6-4-5-9(14)15/h7H,4-6H2,1-3H3,(H,14,15). The predicted molar refractivity (Wildman–Crippen MR) is 55.7 cm³/mol. The third kappa shape index (κ3) is 3.34. The molecule has 1 aromatic heterocycles. The van der Waals surface area contributed by atoms with E-state index in [4.69, 9.17) is 5.11 Å². The Morgan fingerprint density at radius 3 is 2.73 bits per heavy atom. The molecule has 0 spiro atoms. The van der Waals surface area contributed by atoms with E-state index in [1.807, 2.05) is 11.6 Å². The molecule has 1 N–H and O–H groups in total. The molecule has 0 aliphatic heterocycles. The zero-order valence-electron chi connectivity index (χ0n) is 9.40. The van der Waals surface area contributed by atoms with E-state index in [0.29, 0.717) is 18.9 Å². The molecule has 0 radical (unpaired) electrons. The van der Waals surface area contributed by atoms with Gasteiger partial charge in [-0.3, -0.25) is 4.79 Å². The van der Waals surface area contributed by atoms with Crippen molar-refractivity contribution in [3.8, 4) is 0 Å². The first kappa shape index (κ1) is 11.7. The fourth-order valence-electron chi connectivity index (χ4n) is 1.44. The van der Waals surface area contributed by atoms with Crippen molar-refractivity contribution in [2.24, 2.45) is 0 Å². The van der Waals surface area contributed by atoms with Crippen LogP contribution in [0.25, 0.3) is 0 Å². The van der Waals surface area contributed by atoms with Gasteiger partial charge in [0.05, 0.1) is 0 Å². The Kier molecular flexibility index (Phi) is 3.82. The monoisotopic (exact) mass is 211 g/mol. The van der Waals surface area contributed by atoms with E-state index >= 15 is 0 Å². The fourth-order valence-corrected chi connectivity index (χ4v) is 1.44. The van der Waals surface area contributed by atoms with Gasteiger partial charge in [0.1, 0.15) is 11.6 Å². The van der Waals surface area contributed by atoms with E-state index in [9.17, 15) is 4.79 Å². The summed E-state index contributed by atoms with van der Waals surface area (Å²) in [5.41, 5.74) is 0. The lowest BCUT2D eigenvalue weighted by molar-refractivity contribution is -0.137. The number of rotatable bonds is 5. The fraction of sp³-hybridized carbons (Fsp3) is 0.700. The first-order valence-electron chi connectivity index (χ1n) is 5.14. The average molecular weight is 211 g/mol. The van der Waals surface area contributed by atoms with Gasteiger partial charge in [-0.05, 0) is 13.3 Å². The number of aryl methyl sites for hydroxylation is 2. The first-order valence-corrected chi connectivity index (χ1v) is 5.14. The summed E-state index contributed by atoms with van der Waals surface area (Å²) >= 11 is 0. The zero-order valence-corrected chi connectivity index (χ0v) is 9.40. The smallest absolute Gasteiger partial charge is 0.303 e. The van der Waals surface area contributed by atoms with Crippen LogP contribution >= 0.6 is 0 Å². The van der Waals surface area contributed by atoms with Gasteiger partial charge >= 0.3 is 5.97 Å². The van der Waals surface area contributed by atoms with Gasteiger partial charge in [0.15, 0.2) is 0 Å². The van der Waals surface area contributed by atoms with Gasteiger partial charge in [-0.15, -0.1) is 0 Å². The van der Waals surface area contributed by atoms with Crippen LogP contribution in [-0.4, -0.2) is 25.8 Å². The summed E-state index contributed by atoms with van der Waals surface area (Å²) in [6.45, 7) is 6.58. The molecule has 0 aliphatic rings. The highest BCUT2D eigenvalue weighted by molar-refractivity contribution is 5.66. The molecule has 5 heteroatoms. The van der Waals surface area contributed by atoms with Gasteiger partial charge < -0.3 is 5.11 Å². The van der Waals surface area contributed by atoms with E-state index < -0.39 is 5.97 Å². The highest BCUT2D eigenvalue weighted by Crippen LogP contribution is 2.12. The van der Waals surface area contributed by atoms with Crippen LogP contribution in [-0.2, 0) is 11.3 Å². The van der Waals surface area contributed by atoms with Crippen LogP contribution in [0.2, 0.25) is 0 Å². The van der Waals surface area contributed by atoms with Crippen LogP contribution in [0.4, 0.5) is 0 Å². The van der Waals surface area contributed by atoms with Crippen molar-refractivity contribution in [3.63, 3.8) is 0 Å². The summed E-state index contributed by atoms with van der Waals surface area (Å²) in [6, 6.07) is 0. The van der Waals surface area contributed by atoms with Gasteiger partial charge in [-0.25, -0.2) is 9.67 Å². The van der Waals surface area contributed by atoms with E-state index in [1.54, 1.807) is 0 Å². The van der Waals surface area contributed by atoms with Gasteiger partial charge in [0, 0.05) is 18.9 Å². The molecule has 0 unspecified atom stereocenters. The Balaban J connectivity index is 2.63. The molecule has 15 heavy (non-hydrogen) atoms. The Morgan fingerprint density at radius 1 is 1.53 bits per heavy atom. The second kappa shape index (κ2) is 4.91. The quantitative estimate of drug-likeness (QED) is 0.802. The normalized spacial score (nSPS) is 10.9. The SMILES string of the molecule is Cc1nc(C(C)C)n(CCCC(=O)O)n1. The summed E-state index contributed by atoms with van der Waals surface area (Å²) in [5, 5.41) is 12.8. The molecule has 5 nitrogen and oxygen atoms in total. The number of aromatic nitrogens is 3. The first-order chi connectivity index (χ1) is 7.00. The summed E-state index contributed by atoms with van der Waals surface area (Å²) in [5.74, 6) is 1.22. The Morgan fingerprint density at radius 2 is 2.20 bits per heavy atom. The third-order valence-electron chi connectivity index (χ3n) is 2.08. The molecule has 0 saturated heterocycles. The summed E-state index contributed by atoms with van der Waals surface area (Å²) in [7, 11) is 0. The average Bonchev–Trinajstić information content (AvgIpc) is 2.46. The van der Waals surface area contributed by atoms with Gasteiger partial charge in [0.25, 0.3) is 0 Å². The minimum absolute atomic E-state index is 0.177. The molecule has 84 valence electrons. The van der Waals surface area contributed by atoms with Crippen LogP contribution in [0.15, 0.2) is 0 Å². The van der Waals surface area contributed by atoms with Crippen molar-refractivity contribution < 1.29 is 9.90 Å². The minimum atomic E-state index is -0.766. The number of hydrogen-bond donors (Lipinski definition) is 1. The van der Waals surface area contributed by atoms with Crippen molar-refractivity contribution in [1.29, 1.82) is 0 Å². The topological polar surface area (TPSA) is 68.0 Å². The number of carboxylic acids is 1. The van der Waals surface area contributed by atoms with Crippen LogP contribution < -0.4 is 0 Å². The molecule has 1 aromatic rings. The molecule has 0 amide bonds. The minimum Gasteiger partial charge on any atom is -0.481 e. The predicted octanol–water partition coefficient (Wildman–Crippen LogP) is 1.57. The molecule has 1 heterocycles. The molecule has 0 atom stereocenters. The summed E-state index contributed by atoms with van der Waals surface area (Å²) < 4.78 is 1.81. The lowest BCUT2D eigenvalue weighted by Crippen LogP contribution is -2.08. The Hall–Kier alpha value is -1.39. The van der Waals surface area contributed by atoms with Crippen molar-refractivity contribution in [1.82, 2.24) is 14.8 Å². The lowest BCUT2D eigenvalue weighted by Gasteiger charge is -2.06. The second-order valence-electron chi connectivity index (χ2n) is 3.89. The highest BCUT2D eigenvalue weighted by Gasteiger charge is 2.10. The zero-order chi connectivity index (χ0) is 11.4. The molecule has 0 aromatic carbocycles. The van der Waals surface area contributed by atoms with Crippen LogP contribution in [0.3, 0.4) is 0 Å². The number of carbonyl (C=O) groups is 1. The van der Waals surface area contributed by atoms with Gasteiger partial charge in [-0.2, -0.15) is 5.10 Å². The van der Waals surface area contributed by atoms with E-state index in [1.165, 1.54) is 0 Å². The van der Waals surface area contributed by atoms with Crippen molar-refractivity contribution in [3.05, 3.63) is 11.6 Å². The molecule has 0 aliphatic carbocycles. The molecule has 0 bridgehead atoms. The number of nitrogens with zero attached hydrogens (tertiary/aromatic N) is 3.